The van der Waals surface area contributed by atoms with Crippen molar-refractivity contribution in [3.63, 3.8) is 0 Å². The van der Waals surface area contributed by atoms with Crippen LogP contribution in [-0.2, 0) is 6.42 Å². The molecule has 3 rings (SSSR count). The van der Waals surface area contributed by atoms with Crippen LogP contribution in [0.5, 0.6) is 0 Å². The highest BCUT2D eigenvalue weighted by Gasteiger charge is 2.18. The van der Waals surface area contributed by atoms with Gasteiger partial charge in [0, 0.05) is 28.7 Å². The Labute approximate surface area is 158 Å². The van der Waals surface area contributed by atoms with Crippen LogP contribution in [-0.4, -0.2) is 24.4 Å². The first-order valence-corrected chi connectivity index (χ1v) is 9.43. The molecule has 0 saturated heterocycles. The standard InChI is InChI=1S/C21H23ClN2O2/c22-18-8-3-5-15(13-18)11-12-23-20(25)16-6-4-7-17(14-16)21(26)24-19-9-1-2-10-19/h3-8,13-14,19H,1-2,9-12H2,(H,23,25)(H,24,26). The molecule has 2 N–H and O–H groups in total. The molecule has 2 aromatic carbocycles. The molecule has 0 aromatic heterocycles. The molecule has 26 heavy (non-hydrogen) atoms. The molecule has 0 heterocycles. The van der Waals surface area contributed by atoms with Crippen LogP contribution in [0.1, 0.15) is 52.0 Å². The van der Waals surface area contributed by atoms with Gasteiger partial charge in [-0.25, -0.2) is 0 Å². The lowest BCUT2D eigenvalue weighted by molar-refractivity contribution is 0.0938. The zero-order chi connectivity index (χ0) is 18.4. The zero-order valence-corrected chi connectivity index (χ0v) is 15.4. The van der Waals surface area contributed by atoms with Crippen LogP contribution in [0.15, 0.2) is 48.5 Å². The number of benzene rings is 2. The monoisotopic (exact) mass is 370 g/mol. The average molecular weight is 371 g/mol. The van der Waals surface area contributed by atoms with Crippen molar-refractivity contribution in [3.8, 4) is 0 Å². The molecule has 0 radical (unpaired) electrons. The molecule has 2 amide bonds. The summed E-state index contributed by atoms with van der Waals surface area (Å²) in [6.45, 7) is 0.512. The topological polar surface area (TPSA) is 58.2 Å². The summed E-state index contributed by atoms with van der Waals surface area (Å²) >= 11 is 5.96. The first kappa shape index (κ1) is 18.5. The molecule has 2 aromatic rings. The summed E-state index contributed by atoms with van der Waals surface area (Å²) in [4.78, 5) is 24.7. The molecule has 5 heteroatoms. The van der Waals surface area contributed by atoms with Crippen molar-refractivity contribution in [2.24, 2.45) is 0 Å². The van der Waals surface area contributed by atoms with Crippen molar-refractivity contribution in [1.29, 1.82) is 0 Å². The molecule has 0 unspecified atom stereocenters. The van der Waals surface area contributed by atoms with Gasteiger partial charge in [-0.1, -0.05) is 42.6 Å². The van der Waals surface area contributed by atoms with E-state index in [4.69, 9.17) is 11.6 Å². The Balaban J connectivity index is 1.54. The van der Waals surface area contributed by atoms with Crippen molar-refractivity contribution in [2.45, 2.75) is 38.1 Å². The summed E-state index contributed by atoms with van der Waals surface area (Å²) in [6, 6.07) is 14.7. The van der Waals surface area contributed by atoms with Gasteiger partial charge in [-0.2, -0.15) is 0 Å². The molecular weight excluding hydrogens is 348 g/mol. The molecule has 1 aliphatic rings. The number of carbonyl (C=O) groups is 2. The van der Waals surface area contributed by atoms with E-state index >= 15 is 0 Å². The van der Waals surface area contributed by atoms with Gasteiger partial charge in [0.25, 0.3) is 11.8 Å². The van der Waals surface area contributed by atoms with Crippen molar-refractivity contribution in [2.75, 3.05) is 6.54 Å². The van der Waals surface area contributed by atoms with Crippen molar-refractivity contribution < 1.29 is 9.59 Å². The third-order valence-corrected chi connectivity index (χ3v) is 4.90. The van der Waals surface area contributed by atoms with Crippen molar-refractivity contribution in [1.82, 2.24) is 10.6 Å². The number of hydrogen-bond donors (Lipinski definition) is 2. The van der Waals surface area contributed by atoms with E-state index in [-0.39, 0.29) is 17.9 Å². The van der Waals surface area contributed by atoms with Gasteiger partial charge >= 0.3 is 0 Å². The van der Waals surface area contributed by atoms with Crippen LogP contribution < -0.4 is 10.6 Å². The maximum absolute atomic E-state index is 12.4. The Morgan fingerprint density at radius 1 is 0.962 bits per heavy atom. The first-order chi connectivity index (χ1) is 12.6. The van der Waals surface area contributed by atoms with Crippen LogP contribution in [0.25, 0.3) is 0 Å². The fourth-order valence-electron chi connectivity index (χ4n) is 3.26. The second-order valence-electron chi connectivity index (χ2n) is 6.67. The van der Waals surface area contributed by atoms with Gasteiger partial charge in [0.2, 0.25) is 0 Å². The number of nitrogens with one attached hydrogen (secondary N) is 2. The highest BCUT2D eigenvalue weighted by Crippen LogP contribution is 2.18. The summed E-state index contributed by atoms with van der Waals surface area (Å²) in [5.74, 6) is -0.284. The number of amides is 2. The summed E-state index contributed by atoms with van der Waals surface area (Å²) in [5.41, 5.74) is 2.09. The van der Waals surface area contributed by atoms with E-state index in [0.717, 1.165) is 18.4 Å². The van der Waals surface area contributed by atoms with Gasteiger partial charge in [-0.3, -0.25) is 9.59 Å². The van der Waals surface area contributed by atoms with E-state index in [0.29, 0.717) is 29.1 Å². The van der Waals surface area contributed by atoms with Gasteiger partial charge in [0.05, 0.1) is 0 Å². The molecule has 1 aliphatic carbocycles. The van der Waals surface area contributed by atoms with Gasteiger partial charge in [-0.05, 0) is 55.2 Å². The predicted molar refractivity (Wildman–Crippen MR) is 104 cm³/mol. The minimum Gasteiger partial charge on any atom is -0.352 e. The van der Waals surface area contributed by atoms with E-state index in [1.54, 1.807) is 24.3 Å². The normalized spacial score (nSPS) is 14.2. The van der Waals surface area contributed by atoms with Crippen LogP contribution in [0.2, 0.25) is 5.02 Å². The van der Waals surface area contributed by atoms with Gasteiger partial charge < -0.3 is 10.6 Å². The van der Waals surface area contributed by atoms with Crippen LogP contribution in [0, 0.1) is 0 Å². The second kappa shape index (κ2) is 8.86. The lowest BCUT2D eigenvalue weighted by Gasteiger charge is -2.12. The second-order valence-corrected chi connectivity index (χ2v) is 7.11. The van der Waals surface area contributed by atoms with E-state index in [2.05, 4.69) is 10.6 Å². The Morgan fingerprint density at radius 2 is 1.65 bits per heavy atom. The minimum atomic E-state index is -0.178. The third-order valence-electron chi connectivity index (χ3n) is 4.67. The van der Waals surface area contributed by atoms with Crippen molar-refractivity contribution in [3.05, 3.63) is 70.2 Å². The van der Waals surface area contributed by atoms with Gasteiger partial charge in [-0.15, -0.1) is 0 Å². The van der Waals surface area contributed by atoms with Gasteiger partial charge in [0.1, 0.15) is 0 Å². The van der Waals surface area contributed by atoms with Crippen LogP contribution in [0.4, 0.5) is 0 Å². The van der Waals surface area contributed by atoms with E-state index in [9.17, 15) is 9.59 Å². The maximum atomic E-state index is 12.4. The summed E-state index contributed by atoms with van der Waals surface area (Å²) in [7, 11) is 0. The first-order valence-electron chi connectivity index (χ1n) is 9.05. The third kappa shape index (κ3) is 5.09. The van der Waals surface area contributed by atoms with E-state index in [1.807, 2.05) is 24.3 Å². The quantitative estimate of drug-likeness (QED) is 0.807. The maximum Gasteiger partial charge on any atom is 0.251 e. The number of halogens is 1. The lowest BCUT2D eigenvalue weighted by Crippen LogP contribution is -2.33. The Morgan fingerprint density at radius 3 is 2.38 bits per heavy atom. The molecule has 0 spiro atoms. The molecule has 136 valence electrons. The fraction of sp³-hybridized carbons (Fsp3) is 0.333. The van der Waals surface area contributed by atoms with Gasteiger partial charge in [0.15, 0.2) is 0 Å². The lowest BCUT2D eigenvalue weighted by atomic mass is 10.1. The molecule has 4 nitrogen and oxygen atoms in total. The van der Waals surface area contributed by atoms with Crippen molar-refractivity contribution >= 4 is 23.4 Å². The summed E-state index contributed by atoms with van der Waals surface area (Å²) in [5, 5.41) is 6.63. The smallest absolute Gasteiger partial charge is 0.251 e. The van der Waals surface area contributed by atoms with Crippen LogP contribution >= 0.6 is 11.6 Å². The average Bonchev–Trinajstić information content (AvgIpc) is 3.15. The number of hydrogen-bond acceptors (Lipinski definition) is 2. The summed E-state index contributed by atoms with van der Waals surface area (Å²) < 4.78 is 0. The molecule has 0 aliphatic heterocycles. The summed E-state index contributed by atoms with van der Waals surface area (Å²) in [6.07, 6.45) is 5.11. The fourth-order valence-corrected chi connectivity index (χ4v) is 3.47. The van der Waals surface area contributed by atoms with Crippen LogP contribution in [0.3, 0.4) is 0 Å². The molecule has 1 saturated carbocycles. The zero-order valence-electron chi connectivity index (χ0n) is 14.6. The number of carbonyl (C=O) groups excluding carboxylic acids is 2. The molecule has 0 atom stereocenters. The van der Waals surface area contributed by atoms with E-state index < -0.39 is 0 Å². The molecule has 0 bridgehead atoms. The molecule has 1 fully saturated rings. The van der Waals surface area contributed by atoms with E-state index in [1.165, 1.54) is 12.8 Å². The highest BCUT2D eigenvalue weighted by molar-refractivity contribution is 6.30. The SMILES string of the molecule is O=C(NCCc1cccc(Cl)c1)c1cccc(C(=O)NC2CCCC2)c1. The highest BCUT2D eigenvalue weighted by atomic mass is 35.5. The minimum absolute atomic E-state index is 0.106. The Hall–Kier alpha value is -2.33. The largest absolute Gasteiger partial charge is 0.352 e. The Bertz CT molecular complexity index is 785. The predicted octanol–water partition coefficient (Wildman–Crippen LogP) is 3.98. The number of rotatable bonds is 6. The Kier molecular flexibility index (Phi) is 6.29. The molecular formula is C21H23ClN2O2.